The second-order valence-corrected chi connectivity index (χ2v) is 46.4. The van der Waals surface area contributed by atoms with E-state index in [0.29, 0.717) is 11.0 Å². The van der Waals surface area contributed by atoms with E-state index in [1.165, 1.54) is 46.9 Å². The molecule has 10 rings (SSSR count). The smallest absolute Gasteiger partial charge is 0.383 e. The fraction of sp³-hybridized carbons (Fsp3) is 0.579. The lowest BCUT2D eigenvalue weighted by Crippen LogP contribution is -2.35. The van der Waals surface area contributed by atoms with Gasteiger partial charge in [0.2, 0.25) is 5.95 Å². The van der Waals surface area contributed by atoms with Gasteiger partial charge < -0.3 is 124 Å². The number of ether oxygens (including phenoxy) is 8. The summed E-state index contributed by atoms with van der Waals surface area (Å²) in [5, 5.41) is 13.6. The van der Waals surface area contributed by atoms with Crippen LogP contribution in [0.1, 0.15) is 114 Å². The Bertz CT molecular complexity index is 7150. The molecule has 6 aromatic rings. The molecule has 10 heterocycles. The molecule has 0 spiro atoms. The Morgan fingerprint density at radius 2 is 0.693 bits per heavy atom. The van der Waals surface area contributed by atoms with Crippen molar-refractivity contribution in [1.82, 2.24) is 48.2 Å². The maximum Gasteiger partial charge on any atom is 0.490 e. The van der Waals surface area contributed by atoms with Crippen LogP contribution in [0.3, 0.4) is 0 Å². The molecule has 0 saturated carbocycles. The van der Waals surface area contributed by atoms with Gasteiger partial charge >= 0.3 is 129 Å². The number of rotatable bonds is 44. The van der Waals surface area contributed by atoms with Crippen LogP contribution in [0.5, 0.6) is 0 Å². The predicted molar refractivity (Wildman–Crippen MR) is 492 cm³/mol. The van der Waals surface area contributed by atoms with Crippen LogP contribution in [0.15, 0.2) is 88.9 Å². The molecule has 4 aliphatic heterocycles. The van der Waals surface area contributed by atoms with Crippen LogP contribution in [0.2, 0.25) is 0 Å². The standard InChI is InChI=1S/C14H19N8O13P3.C14H19N8O12P3.C13H19N6O14P3.C12H18N7O13P3.4CH4/c1-14(17-2,20-21-16)33-8-5-10(22-4-3-7-11(22)18-13(15)19-12(7)23)32-9(8)6-31-37(27,28)35-38(29,30)34-36(24,25)26;1-14(17-2,20-21-16)32-9-5-11(22-4-3-8-12(15)18-7-19-13(8)22)31-10(9)6-30-36(26,27)34-37(28,29)33-35(23,24)25;1-7-5-19(12(21)16-11(7)20)10-4-8(31-13(2,15-3)17-18-14)9(30-10)6-29-35(25,26)33-36(27,28)32-34(22,23)24;1-12(15-2,17-18-14)30-7-5-10(19-4-3-9(13)16-11(19)20)29-8(7)6-28-34(24,25)32-35(26,27)31-33(21,22)23;;;;/h3-4,8-10H,5-6H2,1H3,(H,27,28)(H,29,30)(H2,24,25,26)(H3,15,18,19,23);3-4,7,9-11H,5-6H2,1H3,(H,26,27)(H,28,29)(H2,15,18,19)(H2,23,24,25);5,8-10H,4,6H2,1-2H3,(H,25,26)(H,27,28)(H,16,20,21)(H2,22,23,24);3-4,7-8,10H,5-6H2,1H3,(H,24,25)(H,26,27)(H2,13,16,20)(H2,21,22,23);4*1H4/t8-,9-,10-,14?;9-,10-,11-,14?;8-,9-,10-,13?;7-,8-,10-,12?;;;;/m1111..../s1. The van der Waals surface area contributed by atoms with Crippen molar-refractivity contribution in [1.29, 1.82) is 0 Å². The lowest BCUT2D eigenvalue weighted by molar-refractivity contribution is -0.0993. The third kappa shape index (κ3) is 41.4. The van der Waals surface area contributed by atoms with E-state index in [-0.39, 0.29) is 89.6 Å². The van der Waals surface area contributed by atoms with E-state index < -0.39 is 240 Å². The van der Waals surface area contributed by atoms with Gasteiger partial charge in [0.15, 0.2) is 5.65 Å². The van der Waals surface area contributed by atoms with Crippen molar-refractivity contribution in [3.05, 3.63) is 184 Å². The van der Waals surface area contributed by atoms with Crippen molar-refractivity contribution < 1.29 is 224 Å². The Labute approximate surface area is 837 Å². The summed E-state index contributed by atoms with van der Waals surface area (Å²) in [7, 11) is -67.5. The number of nitrogen functional groups attached to an aromatic ring is 3. The molecule has 4 aliphatic rings. The number of azide groups is 4. The Hall–Kier alpha value is -9.48. The van der Waals surface area contributed by atoms with Gasteiger partial charge in [-0.2, -0.15) is 44.5 Å². The number of nitrogens with two attached hydrogens (primary N) is 3. The third-order valence-electron chi connectivity index (χ3n) is 17.6. The largest absolute Gasteiger partial charge is 0.490 e. The summed E-state index contributed by atoms with van der Waals surface area (Å²) in [4.78, 5) is 235. The van der Waals surface area contributed by atoms with Gasteiger partial charge in [0.05, 0.1) is 61.6 Å². The monoisotopic (exact) mass is 2390 g/mol. The number of phosphoric ester groups is 4. The zero-order valence-corrected chi connectivity index (χ0v) is 83.6. The van der Waals surface area contributed by atoms with Crippen molar-refractivity contribution in [3.63, 3.8) is 0 Å². The molecule has 93 heteroatoms. The second-order valence-electron chi connectivity index (χ2n) is 28.7. The SMILES string of the molecule is C.C.C.C.[C-]#[N+]C(C)(N=[N+]=[N-])O[C@@H]1C[C@H](n2cc(C)c(=O)[nH]c2=O)O[C@@H]1COP(=O)(O)OP(=O)(O)OP(=O)(O)O.[C-]#[N+]C(C)(N=[N+]=[N-])O[C@@H]1C[C@H](n2ccc(N)nc2=O)O[C@@H]1COP(=O)(O)OP(=O)(O)OP(=O)(O)O.[C-]#[N+]C(C)(N=[N+]=[N-])O[C@@H]1C[C@H](n2ccc3c(=O)[nH]c(N)nc32)O[C@@H]1COP(=O)(O)OP(=O)(O)OP(=O)(O)O.[C-]#[N+]C(C)(N=[N+]=[N-])O[C@@H]1C[C@H](n2ccc3c(N)ncnc32)O[C@@H]1COP(=O)(O)OP(=O)(O)OP(=O)(O)O. The van der Waals surface area contributed by atoms with E-state index in [9.17, 15) is 113 Å². The first-order valence-corrected chi connectivity index (χ1v) is 55.8. The summed E-state index contributed by atoms with van der Waals surface area (Å²) in [6.07, 6.45) is -8.57. The molecule has 0 amide bonds. The maximum atomic E-state index is 12.2. The van der Waals surface area contributed by atoms with E-state index in [0.717, 1.165) is 43.0 Å². The summed E-state index contributed by atoms with van der Waals surface area (Å²) in [5.74, 6) is -8.48. The molecule has 0 aromatic carbocycles. The van der Waals surface area contributed by atoms with Crippen molar-refractivity contribution in [2.24, 2.45) is 20.5 Å². The van der Waals surface area contributed by atoms with Crippen molar-refractivity contribution in [3.8, 4) is 0 Å². The van der Waals surface area contributed by atoms with E-state index in [4.69, 9.17) is 143 Å². The number of phosphoric acid groups is 12. The zero-order valence-electron chi connectivity index (χ0n) is 72.9. The summed E-state index contributed by atoms with van der Waals surface area (Å²) < 4.78 is 235. The molecule has 4 fully saturated rings. The molecule has 150 heavy (non-hydrogen) atoms. The molecular formula is C57H91N29O52P12. The summed E-state index contributed by atoms with van der Waals surface area (Å²) in [6.45, 7) is 31.0. The fourth-order valence-corrected chi connectivity index (χ4v) is 24.3. The molecule has 6 aromatic heterocycles. The Balaban J connectivity index is 0.000000509. The van der Waals surface area contributed by atoms with Gasteiger partial charge in [-0.15, -0.1) is 0 Å². The van der Waals surface area contributed by atoms with Crippen molar-refractivity contribution >= 4 is 134 Å². The van der Waals surface area contributed by atoms with E-state index in [2.05, 4.69) is 137 Å². The van der Waals surface area contributed by atoms with Crippen LogP contribution >= 0.6 is 93.9 Å². The normalized spacial score (nSPS) is 24.3. The number of hydrogen-bond donors (Lipinski definition) is 21. The maximum absolute atomic E-state index is 12.2. The molecule has 81 nitrogen and oxygen atoms in total. The van der Waals surface area contributed by atoms with E-state index >= 15 is 0 Å². The van der Waals surface area contributed by atoms with Gasteiger partial charge in [0, 0.05) is 124 Å². The highest BCUT2D eigenvalue weighted by Gasteiger charge is 2.54. The summed E-state index contributed by atoms with van der Waals surface area (Å²) >= 11 is 0. The van der Waals surface area contributed by atoms with Gasteiger partial charge in [-0.3, -0.25) is 85.1 Å². The van der Waals surface area contributed by atoms with Crippen molar-refractivity contribution in [2.75, 3.05) is 43.6 Å². The Morgan fingerprint density at radius 1 is 0.407 bits per heavy atom. The fourth-order valence-electron chi connectivity index (χ4n) is 12.2. The summed E-state index contributed by atoms with van der Waals surface area (Å²) in [5.41, 5.74) is 49.4. The molecule has 0 aliphatic carbocycles. The van der Waals surface area contributed by atoms with Crippen LogP contribution in [-0.4, -0.2) is 225 Å². The van der Waals surface area contributed by atoms with Crippen LogP contribution in [0, 0.1) is 33.2 Å². The minimum absolute atomic E-state index is 0. The van der Waals surface area contributed by atoms with Gasteiger partial charge in [-0.25, -0.2) is 101 Å². The highest BCUT2D eigenvalue weighted by Crippen LogP contribution is 2.70. The zero-order chi connectivity index (χ0) is 110. The van der Waals surface area contributed by atoms with Gasteiger partial charge in [-0.05, 0) is 47.2 Å². The average molecular weight is 2390 g/mol. The van der Waals surface area contributed by atoms with Gasteiger partial charge in [0.1, 0.15) is 72.9 Å². The number of fused-ring (bicyclic) bond motifs is 2. The van der Waals surface area contributed by atoms with E-state index in [1.807, 2.05) is 4.98 Å². The molecule has 24 N–H and O–H groups in total. The number of nitrogens with zero attached hydrogens (tertiary/aromatic N) is 24. The van der Waals surface area contributed by atoms with Crippen LogP contribution in [0.25, 0.3) is 83.2 Å². The molecule has 836 valence electrons. The van der Waals surface area contributed by atoms with E-state index in [1.54, 1.807) is 12.3 Å². The molecule has 0 radical (unpaired) electrons. The number of aryl methyl sites for hydroxylation is 1. The second kappa shape index (κ2) is 53.1. The number of aromatic amines is 2. The Kier molecular flexibility index (Phi) is 47.7. The van der Waals surface area contributed by atoms with Crippen LogP contribution in [0.4, 0.5) is 17.6 Å². The predicted octanol–water partition coefficient (Wildman–Crippen LogP) is 7.21. The third-order valence-corrected chi connectivity index (χ3v) is 32.8. The number of anilines is 3. The topological polar surface area (TPSA) is 1170 Å². The number of hydrogen-bond acceptors (Lipinski definition) is 47. The lowest BCUT2D eigenvalue weighted by Gasteiger charge is -2.23. The minimum Gasteiger partial charge on any atom is -0.383 e. The average Bonchev–Trinajstić information content (AvgIpc) is 1.63. The van der Waals surface area contributed by atoms with Crippen LogP contribution < -0.4 is 39.7 Å². The highest BCUT2D eigenvalue weighted by molar-refractivity contribution is 7.68. The first kappa shape index (κ1) is 135. The molecule has 24 atom stereocenters. The molecular weight excluding hydrogens is 2290 g/mol. The highest BCUT2D eigenvalue weighted by atomic mass is 31.3. The van der Waals surface area contributed by atoms with Crippen LogP contribution in [-0.2, 0) is 145 Å². The number of aromatic nitrogens is 10. The summed E-state index contributed by atoms with van der Waals surface area (Å²) in [6, 6.07) is 4.28. The Morgan fingerprint density at radius 3 is 0.987 bits per heavy atom. The molecule has 0 bridgehead atoms. The number of nitrogens with one attached hydrogen (secondary N) is 2. The lowest BCUT2D eigenvalue weighted by atomic mass is 10.2. The van der Waals surface area contributed by atoms with Gasteiger partial charge in [-0.1, -0.05) is 29.7 Å². The molecule has 4 saturated heterocycles. The first-order chi connectivity index (χ1) is 66.9. The number of H-pyrrole nitrogens is 2. The minimum atomic E-state index is -5.78. The van der Waals surface area contributed by atoms with Gasteiger partial charge in [0.25, 0.3) is 11.1 Å². The molecule has 12 unspecified atom stereocenters. The quantitative estimate of drug-likeness (QED) is 0.00590. The van der Waals surface area contributed by atoms with Crippen molar-refractivity contribution in [2.45, 2.75) is 187 Å². The first-order valence-electron chi connectivity index (χ1n) is 37.8.